The molecule has 1 atom stereocenters. The topological polar surface area (TPSA) is 61.8 Å². The Hall–Kier alpha value is -2.82. The van der Waals surface area contributed by atoms with Crippen LogP contribution < -0.4 is 4.74 Å². The molecular weight excluding hydrogens is 476 g/mol. The van der Waals surface area contributed by atoms with Crippen LogP contribution in [0.15, 0.2) is 48.5 Å². The van der Waals surface area contributed by atoms with E-state index in [4.69, 9.17) is 14.2 Å². The maximum Gasteiger partial charge on any atom is 0.344 e. The van der Waals surface area contributed by atoms with Gasteiger partial charge in [0.2, 0.25) is 0 Å². The second kappa shape index (κ2) is 13.8. The summed E-state index contributed by atoms with van der Waals surface area (Å²) in [5, 5.41) is 0. The smallest absolute Gasteiger partial charge is 0.344 e. The highest BCUT2D eigenvalue weighted by molar-refractivity contribution is 5.89. The van der Waals surface area contributed by atoms with E-state index in [1.54, 1.807) is 24.3 Å². The molecule has 0 bridgehead atoms. The van der Waals surface area contributed by atoms with Gasteiger partial charge in [0.25, 0.3) is 0 Å². The first-order valence-electron chi connectivity index (χ1n) is 14.3. The number of esters is 2. The summed E-state index contributed by atoms with van der Waals surface area (Å²) in [6.45, 7) is 13.0. The van der Waals surface area contributed by atoms with E-state index in [1.165, 1.54) is 24.8 Å². The fourth-order valence-corrected chi connectivity index (χ4v) is 5.45. The van der Waals surface area contributed by atoms with E-state index < -0.39 is 17.5 Å². The van der Waals surface area contributed by atoms with Crippen LogP contribution in [0.1, 0.15) is 107 Å². The lowest BCUT2D eigenvalue weighted by atomic mass is 9.79. The molecule has 1 aliphatic rings. The third-order valence-corrected chi connectivity index (χ3v) is 7.70. The van der Waals surface area contributed by atoms with Gasteiger partial charge in [-0.1, -0.05) is 77.3 Å². The van der Waals surface area contributed by atoms with Crippen molar-refractivity contribution >= 4 is 11.9 Å². The molecule has 2 aromatic rings. The van der Waals surface area contributed by atoms with Crippen LogP contribution >= 0.6 is 0 Å². The predicted octanol–water partition coefficient (Wildman–Crippen LogP) is 8.11. The first-order chi connectivity index (χ1) is 18.0. The Kier molecular flexibility index (Phi) is 10.8. The Morgan fingerprint density at radius 1 is 0.947 bits per heavy atom. The molecule has 0 radical (unpaired) electrons. The summed E-state index contributed by atoms with van der Waals surface area (Å²) in [6, 6.07) is 15.1. The van der Waals surface area contributed by atoms with Gasteiger partial charge in [-0.15, -0.1) is 0 Å². The molecule has 38 heavy (non-hydrogen) atoms. The van der Waals surface area contributed by atoms with Crippen LogP contribution in [0.5, 0.6) is 5.75 Å². The molecule has 0 aromatic heterocycles. The number of rotatable bonds is 12. The second-order valence-corrected chi connectivity index (χ2v) is 12.0. The number of hydrogen-bond donors (Lipinski definition) is 0. The molecule has 2 aromatic carbocycles. The zero-order valence-corrected chi connectivity index (χ0v) is 24.1. The van der Waals surface area contributed by atoms with Gasteiger partial charge in [-0.3, -0.25) is 0 Å². The minimum Gasteiger partial charge on any atom is -0.482 e. The number of hydrogen-bond acceptors (Lipinski definition) is 5. The number of ether oxygens (including phenoxy) is 3. The lowest BCUT2D eigenvalue weighted by Crippen LogP contribution is -2.39. The van der Waals surface area contributed by atoms with Gasteiger partial charge in [0, 0.05) is 0 Å². The maximum atomic E-state index is 12.7. The summed E-state index contributed by atoms with van der Waals surface area (Å²) in [7, 11) is 0. The maximum absolute atomic E-state index is 12.7. The first-order valence-corrected chi connectivity index (χ1v) is 14.3. The van der Waals surface area contributed by atoms with Crippen molar-refractivity contribution in [1.82, 2.24) is 0 Å². The van der Waals surface area contributed by atoms with Gasteiger partial charge >= 0.3 is 11.9 Å². The standard InChI is InChI=1S/C33H46O5/c1-23(2)19-30(24(3)4)26-17-15-25(16-18-26)21-37-32(35)27-11-10-14-29(20-27)36-22-31(34)38-33(5,6)28-12-8-7-9-13-28/h10-11,14-18,20,23-24,28,30H,7-9,12-13,19,21-22H2,1-6H3. The zero-order chi connectivity index (χ0) is 27.7. The number of carbonyl (C=O) groups is 2. The van der Waals surface area contributed by atoms with Crippen molar-refractivity contribution in [2.45, 2.75) is 98.2 Å². The number of carbonyl (C=O) groups excluding carboxylic acids is 2. The van der Waals surface area contributed by atoms with Crippen molar-refractivity contribution in [3.05, 3.63) is 65.2 Å². The van der Waals surface area contributed by atoms with Crippen molar-refractivity contribution in [3.8, 4) is 5.75 Å². The van der Waals surface area contributed by atoms with Crippen LogP contribution in [0, 0.1) is 17.8 Å². The van der Waals surface area contributed by atoms with Gasteiger partial charge in [-0.2, -0.15) is 0 Å². The van der Waals surface area contributed by atoms with E-state index in [0.29, 0.717) is 35.0 Å². The highest BCUT2D eigenvalue weighted by atomic mass is 16.6. The normalized spacial score (nSPS) is 15.4. The van der Waals surface area contributed by atoms with Crippen LogP contribution in [-0.2, 0) is 20.9 Å². The summed E-state index contributed by atoms with van der Waals surface area (Å²) >= 11 is 0. The summed E-state index contributed by atoms with van der Waals surface area (Å²) < 4.78 is 17.0. The summed E-state index contributed by atoms with van der Waals surface area (Å²) in [4.78, 5) is 25.2. The molecule has 0 N–H and O–H groups in total. The van der Waals surface area contributed by atoms with E-state index in [-0.39, 0.29) is 13.2 Å². The van der Waals surface area contributed by atoms with Crippen LogP contribution in [0.4, 0.5) is 0 Å². The number of benzene rings is 2. The lowest BCUT2D eigenvalue weighted by Gasteiger charge is -2.36. The minimum absolute atomic E-state index is 0.198. The molecular formula is C33H46O5. The van der Waals surface area contributed by atoms with Crippen LogP contribution in [0.2, 0.25) is 0 Å². The van der Waals surface area contributed by atoms with Gasteiger partial charge in [-0.05, 0) is 86.1 Å². The van der Waals surface area contributed by atoms with E-state index in [1.807, 2.05) is 26.0 Å². The molecule has 0 amide bonds. The highest BCUT2D eigenvalue weighted by Gasteiger charge is 2.34. The average Bonchev–Trinajstić information content (AvgIpc) is 2.90. The van der Waals surface area contributed by atoms with Crippen LogP contribution in [0.25, 0.3) is 0 Å². The molecule has 5 nitrogen and oxygen atoms in total. The predicted molar refractivity (Wildman–Crippen MR) is 151 cm³/mol. The molecule has 1 fully saturated rings. The van der Waals surface area contributed by atoms with E-state index in [9.17, 15) is 9.59 Å². The van der Waals surface area contributed by atoms with Crippen molar-refractivity contribution in [2.75, 3.05) is 6.61 Å². The van der Waals surface area contributed by atoms with Crippen molar-refractivity contribution in [3.63, 3.8) is 0 Å². The Labute approximate surface area is 229 Å². The van der Waals surface area contributed by atoms with Crippen molar-refractivity contribution < 1.29 is 23.8 Å². The largest absolute Gasteiger partial charge is 0.482 e. The fraction of sp³-hybridized carbons (Fsp3) is 0.576. The Morgan fingerprint density at radius 3 is 2.26 bits per heavy atom. The molecule has 208 valence electrons. The monoisotopic (exact) mass is 522 g/mol. The second-order valence-electron chi connectivity index (χ2n) is 12.0. The molecule has 0 saturated heterocycles. The Morgan fingerprint density at radius 2 is 1.63 bits per heavy atom. The molecule has 1 unspecified atom stereocenters. The first kappa shape index (κ1) is 29.7. The summed E-state index contributed by atoms with van der Waals surface area (Å²) in [5.41, 5.74) is 2.15. The van der Waals surface area contributed by atoms with Crippen LogP contribution in [-0.4, -0.2) is 24.1 Å². The molecule has 1 aliphatic carbocycles. The van der Waals surface area contributed by atoms with Crippen molar-refractivity contribution in [1.29, 1.82) is 0 Å². The average molecular weight is 523 g/mol. The quantitative estimate of drug-likeness (QED) is 0.263. The lowest BCUT2D eigenvalue weighted by molar-refractivity contribution is -0.165. The molecule has 1 saturated carbocycles. The zero-order valence-electron chi connectivity index (χ0n) is 24.1. The van der Waals surface area contributed by atoms with E-state index in [0.717, 1.165) is 24.8 Å². The van der Waals surface area contributed by atoms with Crippen molar-refractivity contribution in [2.24, 2.45) is 17.8 Å². The SMILES string of the molecule is CC(C)CC(c1ccc(COC(=O)c2cccc(OCC(=O)OC(C)(C)C3CCCCC3)c2)cc1)C(C)C. The van der Waals surface area contributed by atoms with E-state index >= 15 is 0 Å². The van der Waals surface area contributed by atoms with Crippen LogP contribution in [0.3, 0.4) is 0 Å². The molecule has 0 aliphatic heterocycles. The van der Waals surface area contributed by atoms with Gasteiger partial charge < -0.3 is 14.2 Å². The third-order valence-electron chi connectivity index (χ3n) is 7.70. The third kappa shape index (κ3) is 8.89. The van der Waals surface area contributed by atoms with Gasteiger partial charge in [-0.25, -0.2) is 9.59 Å². The summed E-state index contributed by atoms with van der Waals surface area (Å²) in [6.07, 6.45) is 6.96. The Bertz CT molecular complexity index is 1030. The Balaban J connectivity index is 1.50. The molecule has 5 heteroatoms. The van der Waals surface area contributed by atoms with Gasteiger partial charge in [0.15, 0.2) is 6.61 Å². The fourth-order valence-electron chi connectivity index (χ4n) is 5.45. The molecule has 0 spiro atoms. The summed E-state index contributed by atoms with van der Waals surface area (Å²) in [5.74, 6) is 1.71. The molecule has 0 heterocycles. The molecule has 3 rings (SSSR count). The minimum atomic E-state index is -0.505. The van der Waals surface area contributed by atoms with E-state index in [2.05, 4.69) is 39.8 Å². The van der Waals surface area contributed by atoms with Gasteiger partial charge in [0.05, 0.1) is 5.56 Å². The highest BCUT2D eigenvalue weighted by Crippen LogP contribution is 2.35. The van der Waals surface area contributed by atoms with Gasteiger partial charge in [0.1, 0.15) is 18.0 Å².